The van der Waals surface area contributed by atoms with E-state index in [2.05, 4.69) is 11.4 Å². The summed E-state index contributed by atoms with van der Waals surface area (Å²) in [5, 5.41) is 12.1. The third-order valence-corrected chi connectivity index (χ3v) is 4.15. The van der Waals surface area contributed by atoms with Crippen LogP contribution in [0.15, 0.2) is 0 Å². The number of hydrogen-bond donors (Lipinski definition) is 1. The molecule has 0 bridgehead atoms. The molecule has 1 fully saturated rings. The van der Waals surface area contributed by atoms with Crippen molar-refractivity contribution in [1.82, 2.24) is 5.32 Å². The van der Waals surface area contributed by atoms with Crippen LogP contribution in [0, 0.1) is 17.2 Å². The quantitative estimate of drug-likeness (QED) is 0.817. The van der Waals surface area contributed by atoms with Crippen LogP contribution in [-0.2, 0) is 9.53 Å². The molecule has 2 atom stereocenters. The van der Waals surface area contributed by atoms with Gasteiger partial charge in [0, 0.05) is 7.11 Å². The highest BCUT2D eigenvalue weighted by molar-refractivity contribution is 5.85. The van der Waals surface area contributed by atoms with Gasteiger partial charge < -0.3 is 10.1 Å². The Hall–Kier alpha value is -1.08. The molecule has 1 rings (SSSR count). The van der Waals surface area contributed by atoms with E-state index in [9.17, 15) is 10.1 Å². The van der Waals surface area contributed by atoms with E-state index in [-0.39, 0.29) is 11.9 Å². The van der Waals surface area contributed by atoms with Crippen LogP contribution in [0.3, 0.4) is 0 Å². The fourth-order valence-electron chi connectivity index (χ4n) is 2.41. The van der Waals surface area contributed by atoms with Crippen LogP contribution >= 0.6 is 0 Å². The van der Waals surface area contributed by atoms with E-state index in [1.54, 1.807) is 6.92 Å². The van der Waals surface area contributed by atoms with E-state index < -0.39 is 5.60 Å². The zero-order valence-corrected chi connectivity index (χ0v) is 11.7. The van der Waals surface area contributed by atoms with Crippen LogP contribution in [0.1, 0.15) is 52.4 Å². The topological polar surface area (TPSA) is 62.1 Å². The van der Waals surface area contributed by atoms with E-state index in [1.807, 2.05) is 6.92 Å². The second-order valence-electron chi connectivity index (χ2n) is 5.27. The molecule has 18 heavy (non-hydrogen) atoms. The van der Waals surface area contributed by atoms with E-state index in [0.717, 1.165) is 25.7 Å². The van der Waals surface area contributed by atoms with E-state index in [1.165, 1.54) is 13.5 Å². The fourth-order valence-corrected chi connectivity index (χ4v) is 2.41. The number of rotatable bonds is 5. The molecule has 0 saturated heterocycles. The van der Waals surface area contributed by atoms with Gasteiger partial charge in [-0.05, 0) is 32.1 Å². The number of amides is 1. The Bertz CT molecular complexity index is 312. The Morgan fingerprint density at radius 2 is 2.11 bits per heavy atom. The maximum atomic E-state index is 12.2. The van der Waals surface area contributed by atoms with Crippen molar-refractivity contribution in [1.29, 1.82) is 5.26 Å². The van der Waals surface area contributed by atoms with Crippen LogP contribution < -0.4 is 5.32 Å². The number of nitrogens with one attached hydrogen (secondary N) is 1. The summed E-state index contributed by atoms with van der Waals surface area (Å²) in [4.78, 5) is 12.2. The van der Waals surface area contributed by atoms with Crippen LogP contribution in [0.2, 0.25) is 0 Å². The second-order valence-corrected chi connectivity index (χ2v) is 5.27. The number of nitrogens with zero attached hydrogens (tertiary/aromatic N) is 1. The van der Waals surface area contributed by atoms with Gasteiger partial charge in [0.15, 0.2) is 0 Å². The maximum absolute atomic E-state index is 12.2. The highest BCUT2D eigenvalue weighted by Gasteiger charge is 2.34. The Balaban J connectivity index is 2.63. The van der Waals surface area contributed by atoms with Crippen molar-refractivity contribution in [2.75, 3.05) is 7.11 Å². The van der Waals surface area contributed by atoms with Gasteiger partial charge in [-0.1, -0.05) is 26.2 Å². The van der Waals surface area contributed by atoms with E-state index >= 15 is 0 Å². The van der Waals surface area contributed by atoms with Gasteiger partial charge in [-0.15, -0.1) is 0 Å². The molecule has 0 aromatic carbocycles. The largest absolute Gasteiger partial charge is 0.369 e. The first-order chi connectivity index (χ1) is 8.57. The van der Waals surface area contributed by atoms with Gasteiger partial charge >= 0.3 is 0 Å². The summed E-state index contributed by atoms with van der Waals surface area (Å²) in [6.45, 7) is 3.67. The van der Waals surface area contributed by atoms with Gasteiger partial charge in [-0.25, -0.2) is 0 Å². The molecule has 1 aliphatic rings. The van der Waals surface area contributed by atoms with Crippen LogP contribution in [0.4, 0.5) is 0 Å². The molecule has 4 heteroatoms. The second kappa shape index (κ2) is 6.75. The monoisotopic (exact) mass is 252 g/mol. The van der Waals surface area contributed by atoms with Crippen molar-refractivity contribution in [2.24, 2.45) is 5.92 Å². The van der Waals surface area contributed by atoms with Crippen LogP contribution in [-0.4, -0.2) is 24.7 Å². The predicted molar refractivity (Wildman–Crippen MR) is 69.8 cm³/mol. The fraction of sp³-hybridized carbons (Fsp3) is 0.857. The first kappa shape index (κ1) is 15.0. The Morgan fingerprint density at radius 1 is 1.50 bits per heavy atom. The smallest absolute Gasteiger partial charge is 0.252 e. The summed E-state index contributed by atoms with van der Waals surface area (Å²) in [6.07, 6.45) is 6.23. The number of methoxy groups -OCH3 is 1. The minimum absolute atomic E-state index is 0.176. The van der Waals surface area contributed by atoms with Crippen molar-refractivity contribution >= 4 is 5.91 Å². The SMILES string of the molecule is CCC(C)(OC)C(=O)NC(C#N)C1CCCCC1. The molecule has 1 amide bonds. The summed E-state index contributed by atoms with van der Waals surface area (Å²) < 4.78 is 5.26. The minimum Gasteiger partial charge on any atom is -0.369 e. The predicted octanol–water partition coefficient (Wildman–Crippen LogP) is 2.39. The van der Waals surface area contributed by atoms with Crippen molar-refractivity contribution < 1.29 is 9.53 Å². The van der Waals surface area contributed by atoms with Gasteiger partial charge in [0.25, 0.3) is 5.91 Å². The Kier molecular flexibility index (Phi) is 5.61. The molecule has 102 valence electrons. The van der Waals surface area contributed by atoms with Gasteiger partial charge in [0.2, 0.25) is 0 Å². The van der Waals surface area contributed by atoms with Crippen molar-refractivity contribution in [2.45, 2.75) is 64.0 Å². The molecule has 0 aliphatic heterocycles. The van der Waals surface area contributed by atoms with Gasteiger partial charge in [0.1, 0.15) is 11.6 Å². The summed E-state index contributed by atoms with van der Waals surface area (Å²) >= 11 is 0. The molecule has 4 nitrogen and oxygen atoms in total. The Labute approximate surface area is 110 Å². The first-order valence-corrected chi connectivity index (χ1v) is 6.83. The van der Waals surface area contributed by atoms with Gasteiger partial charge in [-0.2, -0.15) is 5.26 Å². The number of ether oxygens (including phenoxy) is 1. The average Bonchev–Trinajstić information content (AvgIpc) is 2.44. The summed E-state index contributed by atoms with van der Waals surface area (Å²) in [6, 6.07) is 1.86. The Morgan fingerprint density at radius 3 is 2.56 bits per heavy atom. The number of carbonyl (C=O) groups excluding carboxylic acids is 1. The first-order valence-electron chi connectivity index (χ1n) is 6.83. The average molecular weight is 252 g/mol. The van der Waals surface area contributed by atoms with Gasteiger partial charge in [0.05, 0.1) is 6.07 Å². The number of hydrogen-bond acceptors (Lipinski definition) is 3. The standard InChI is InChI=1S/C14H24N2O2/c1-4-14(2,18-3)13(17)16-12(10-15)11-8-6-5-7-9-11/h11-12H,4-9H2,1-3H3,(H,16,17). The molecular weight excluding hydrogens is 228 g/mol. The number of carbonyl (C=O) groups is 1. The van der Waals surface area contributed by atoms with Crippen LogP contribution in [0.25, 0.3) is 0 Å². The molecule has 1 N–H and O–H groups in total. The number of nitriles is 1. The van der Waals surface area contributed by atoms with E-state index in [4.69, 9.17) is 4.74 Å². The molecule has 0 aromatic heterocycles. The molecule has 2 unspecified atom stereocenters. The molecule has 0 spiro atoms. The molecule has 0 radical (unpaired) electrons. The lowest BCUT2D eigenvalue weighted by atomic mass is 9.84. The molecular formula is C14H24N2O2. The van der Waals surface area contributed by atoms with Crippen LogP contribution in [0.5, 0.6) is 0 Å². The summed E-state index contributed by atoms with van der Waals surface area (Å²) in [5.74, 6) is 0.121. The highest BCUT2D eigenvalue weighted by atomic mass is 16.5. The zero-order chi connectivity index (χ0) is 13.6. The molecule has 0 heterocycles. The third kappa shape index (κ3) is 3.46. The normalized spacial score (nSPS) is 21.7. The third-order valence-electron chi connectivity index (χ3n) is 4.15. The zero-order valence-electron chi connectivity index (χ0n) is 11.7. The lowest BCUT2D eigenvalue weighted by molar-refractivity contribution is -0.142. The molecule has 1 aliphatic carbocycles. The minimum atomic E-state index is -0.830. The van der Waals surface area contributed by atoms with Crippen molar-refractivity contribution in [3.8, 4) is 6.07 Å². The maximum Gasteiger partial charge on any atom is 0.252 e. The summed E-state index contributed by atoms with van der Waals surface area (Å²) in [7, 11) is 1.53. The van der Waals surface area contributed by atoms with Crippen molar-refractivity contribution in [3.63, 3.8) is 0 Å². The molecule has 0 aromatic rings. The van der Waals surface area contributed by atoms with Gasteiger partial charge in [-0.3, -0.25) is 4.79 Å². The lowest BCUT2D eigenvalue weighted by Crippen LogP contribution is -2.51. The van der Waals surface area contributed by atoms with E-state index in [0.29, 0.717) is 12.3 Å². The van der Waals surface area contributed by atoms with Crippen molar-refractivity contribution in [3.05, 3.63) is 0 Å². The highest BCUT2D eigenvalue weighted by Crippen LogP contribution is 2.27. The molecule has 1 saturated carbocycles. The summed E-state index contributed by atoms with van der Waals surface area (Å²) in [5.41, 5.74) is -0.830. The lowest BCUT2D eigenvalue weighted by Gasteiger charge is -2.30.